The number of aromatic nitrogens is 2. The number of hydrogen-bond donors (Lipinski definition) is 1. The molecule has 134 valence electrons. The molecular weight excluding hydrogens is 394 g/mol. The average molecular weight is 414 g/mol. The quantitative estimate of drug-likeness (QED) is 0.628. The highest BCUT2D eigenvalue weighted by atomic mass is 79.9. The Morgan fingerprint density at radius 1 is 1.15 bits per heavy atom. The van der Waals surface area contributed by atoms with Crippen LogP contribution in [0.4, 0.5) is 5.82 Å². The maximum absolute atomic E-state index is 12.3. The third-order valence-corrected chi connectivity index (χ3v) is 4.64. The summed E-state index contributed by atoms with van der Waals surface area (Å²) in [6.45, 7) is 0.620. The Bertz CT molecular complexity index is 878. The summed E-state index contributed by atoms with van der Waals surface area (Å²) < 4.78 is 7.90. The van der Waals surface area contributed by atoms with Crippen molar-refractivity contribution in [1.82, 2.24) is 9.78 Å². The van der Waals surface area contributed by atoms with Crippen LogP contribution < -0.4 is 10.1 Å². The van der Waals surface area contributed by atoms with Crippen LogP contribution >= 0.6 is 15.9 Å². The summed E-state index contributed by atoms with van der Waals surface area (Å²) in [7, 11) is 1.63. The van der Waals surface area contributed by atoms with Crippen LogP contribution in [0, 0.1) is 0 Å². The second-order valence-corrected chi connectivity index (χ2v) is 6.73. The molecular formula is C20H20BrN3O2. The number of benzene rings is 2. The number of methoxy groups -OCH3 is 1. The molecule has 3 aromatic rings. The number of carbonyl (C=O) groups excluding carboxylic acids is 1. The van der Waals surface area contributed by atoms with Crippen LogP contribution in [-0.2, 0) is 17.8 Å². The minimum atomic E-state index is -0.0354. The van der Waals surface area contributed by atoms with E-state index in [2.05, 4.69) is 26.3 Å². The molecule has 3 rings (SSSR count). The summed E-state index contributed by atoms with van der Waals surface area (Å²) in [4.78, 5) is 12.3. The van der Waals surface area contributed by atoms with Crippen LogP contribution in [0.25, 0.3) is 0 Å². The third kappa shape index (κ3) is 4.73. The summed E-state index contributed by atoms with van der Waals surface area (Å²) in [5.74, 6) is 1.45. The second-order valence-electron chi connectivity index (χ2n) is 5.88. The smallest absolute Gasteiger partial charge is 0.225 e. The van der Waals surface area contributed by atoms with Gasteiger partial charge in [0.15, 0.2) is 0 Å². The van der Waals surface area contributed by atoms with E-state index >= 15 is 0 Å². The van der Waals surface area contributed by atoms with E-state index in [1.807, 2.05) is 54.6 Å². The molecule has 1 amide bonds. The lowest BCUT2D eigenvalue weighted by molar-refractivity contribution is -0.116. The van der Waals surface area contributed by atoms with Gasteiger partial charge in [0.25, 0.3) is 0 Å². The van der Waals surface area contributed by atoms with Crippen molar-refractivity contribution in [2.45, 2.75) is 19.4 Å². The molecule has 1 aromatic heterocycles. The molecule has 5 nitrogen and oxygen atoms in total. The van der Waals surface area contributed by atoms with Gasteiger partial charge in [-0.1, -0.05) is 36.4 Å². The third-order valence-electron chi connectivity index (χ3n) is 4.02. The second kappa shape index (κ2) is 8.67. The lowest BCUT2D eigenvalue weighted by atomic mass is 10.1. The van der Waals surface area contributed by atoms with Gasteiger partial charge >= 0.3 is 0 Å². The maximum Gasteiger partial charge on any atom is 0.225 e. The molecule has 1 N–H and O–H groups in total. The number of carbonyl (C=O) groups is 1. The van der Waals surface area contributed by atoms with Gasteiger partial charge in [-0.25, -0.2) is 4.68 Å². The van der Waals surface area contributed by atoms with Crippen LogP contribution in [-0.4, -0.2) is 22.8 Å². The van der Waals surface area contributed by atoms with Crippen molar-refractivity contribution in [3.05, 3.63) is 76.4 Å². The van der Waals surface area contributed by atoms with Gasteiger partial charge in [0.1, 0.15) is 11.6 Å². The van der Waals surface area contributed by atoms with Crippen molar-refractivity contribution in [3.63, 3.8) is 0 Å². The minimum absolute atomic E-state index is 0.0354. The zero-order valence-electron chi connectivity index (χ0n) is 14.5. The molecule has 0 radical (unpaired) electrons. The molecule has 1 heterocycles. The molecule has 6 heteroatoms. The Labute approximate surface area is 161 Å². The van der Waals surface area contributed by atoms with Crippen LogP contribution in [0.15, 0.2) is 65.3 Å². The zero-order chi connectivity index (χ0) is 18.4. The number of anilines is 1. The normalized spacial score (nSPS) is 10.5. The number of rotatable bonds is 7. The maximum atomic E-state index is 12.3. The molecule has 26 heavy (non-hydrogen) atoms. The molecule has 2 aromatic carbocycles. The van der Waals surface area contributed by atoms with E-state index in [0.29, 0.717) is 25.2 Å². The molecule has 0 fully saturated rings. The lowest BCUT2D eigenvalue weighted by Crippen LogP contribution is -2.16. The van der Waals surface area contributed by atoms with Crippen molar-refractivity contribution in [2.24, 2.45) is 0 Å². The molecule has 0 bridgehead atoms. The van der Waals surface area contributed by atoms with Gasteiger partial charge in [-0.2, -0.15) is 5.10 Å². The lowest BCUT2D eigenvalue weighted by Gasteiger charge is -2.10. The predicted molar refractivity (Wildman–Crippen MR) is 105 cm³/mol. The van der Waals surface area contributed by atoms with E-state index in [0.717, 1.165) is 21.3 Å². The first-order valence-electron chi connectivity index (χ1n) is 8.33. The summed E-state index contributed by atoms with van der Waals surface area (Å²) >= 11 is 3.47. The van der Waals surface area contributed by atoms with E-state index < -0.39 is 0 Å². The first-order valence-corrected chi connectivity index (χ1v) is 9.13. The van der Waals surface area contributed by atoms with Crippen molar-refractivity contribution in [1.29, 1.82) is 0 Å². The highest BCUT2D eigenvalue weighted by Gasteiger charge is 2.09. The van der Waals surface area contributed by atoms with Crippen molar-refractivity contribution < 1.29 is 9.53 Å². The van der Waals surface area contributed by atoms with Gasteiger partial charge in [0.05, 0.1) is 24.3 Å². The Balaban J connectivity index is 1.57. The average Bonchev–Trinajstić information content (AvgIpc) is 3.07. The zero-order valence-corrected chi connectivity index (χ0v) is 16.1. The van der Waals surface area contributed by atoms with Crippen LogP contribution in [0.1, 0.15) is 17.5 Å². The standard InChI is InChI=1S/C20H20BrN3O2/c1-26-18-9-7-15(13-17(18)21)8-10-20(25)23-19-11-12-22-24(19)14-16-5-3-2-4-6-16/h2-7,9,11-13H,8,10,14H2,1H3,(H,23,25). The summed E-state index contributed by atoms with van der Waals surface area (Å²) in [6.07, 6.45) is 2.75. The summed E-state index contributed by atoms with van der Waals surface area (Å²) in [5, 5.41) is 7.24. The first kappa shape index (κ1) is 18.2. The van der Waals surface area contributed by atoms with Gasteiger partial charge in [-0.15, -0.1) is 0 Å². The Morgan fingerprint density at radius 2 is 1.96 bits per heavy atom. The summed E-state index contributed by atoms with van der Waals surface area (Å²) in [5.41, 5.74) is 2.21. The molecule has 0 atom stereocenters. The van der Waals surface area contributed by atoms with E-state index in [1.54, 1.807) is 18.0 Å². The predicted octanol–water partition coefficient (Wildman–Crippen LogP) is 4.27. The number of halogens is 1. The fourth-order valence-corrected chi connectivity index (χ4v) is 3.24. The number of ether oxygens (including phenoxy) is 1. The van der Waals surface area contributed by atoms with E-state index in [4.69, 9.17) is 4.74 Å². The molecule has 0 unspecified atom stereocenters. The van der Waals surface area contributed by atoms with Crippen LogP contribution in [0.3, 0.4) is 0 Å². The largest absolute Gasteiger partial charge is 0.496 e. The first-order chi connectivity index (χ1) is 12.7. The highest BCUT2D eigenvalue weighted by Crippen LogP contribution is 2.26. The highest BCUT2D eigenvalue weighted by molar-refractivity contribution is 9.10. The molecule has 0 spiro atoms. The number of nitrogens with zero attached hydrogens (tertiary/aromatic N) is 2. The number of hydrogen-bond acceptors (Lipinski definition) is 3. The SMILES string of the molecule is COc1ccc(CCC(=O)Nc2ccnn2Cc2ccccc2)cc1Br. The van der Waals surface area contributed by atoms with Crippen LogP contribution in [0.5, 0.6) is 5.75 Å². The Kier molecular flexibility index (Phi) is 6.07. The molecule has 0 aliphatic rings. The van der Waals surface area contributed by atoms with Crippen molar-refractivity contribution in [2.75, 3.05) is 12.4 Å². The number of amides is 1. The molecule has 0 saturated heterocycles. The topological polar surface area (TPSA) is 56.1 Å². The van der Waals surface area contributed by atoms with Gasteiger partial charge < -0.3 is 10.1 Å². The van der Waals surface area contributed by atoms with Gasteiger partial charge in [-0.05, 0) is 45.6 Å². The molecule has 0 aliphatic carbocycles. The minimum Gasteiger partial charge on any atom is -0.496 e. The van der Waals surface area contributed by atoms with Crippen molar-refractivity contribution in [3.8, 4) is 5.75 Å². The Hall–Kier alpha value is -2.60. The van der Waals surface area contributed by atoms with Gasteiger partial charge in [0, 0.05) is 12.5 Å². The van der Waals surface area contributed by atoms with E-state index in [1.165, 1.54) is 0 Å². The van der Waals surface area contributed by atoms with Gasteiger partial charge in [0.2, 0.25) is 5.91 Å². The van der Waals surface area contributed by atoms with Gasteiger partial charge in [-0.3, -0.25) is 4.79 Å². The number of aryl methyl sites for hydroxylation is 1. The van der Waals surface area contributed by atoms with E-state index in [9.17, 15) is 4.79 Å². The number of nitrogens with one attached hydrogen (secondary N) is 1. The fraction of sp³-hybridized carbons (Fsp3) is 0.200. The Morgan fingerprint density at radius 3 is 2.69 bits per heavy atom. The monoisotopic (exact) mass is 413 g/mol. The van der Waals surface area contributed by atoms with Crippen LogP contribution in [0.2, 0.25) is 0 Å². The fourth-order valence-electron chi connectivity index (χ4n) is 2.65. The van der Waals surface area contributed by atoms with Crippen molar-refractivity contribution >= 4 is 27.7 Å². The molecule has 0 aliphatic heterocycles. The molecule has 0 saturated carbocycles. The summed E-state index contributed by atoms with van der Waals surface area (Å²) in [6, 6.07) is 17.7. The van der Waals surface area contributed by atoms with E-state index in [-0.39, 0.29) is 5.91 Å².